The molecule has 144 valence electrons. The van der Waals surface area contributed by atoms with Crippen molar-refractivity contribution in [2.24, 2.45) is 0 Å². The van der Waals surface area contributed by atoms with E-state index in [1.807, 2.05) is 0 Å². The second-order valence-corrected chi connectivity index (χ2v) is 7.25. The Morgan fingerprint density at radius 1 is 0.821 bits per heavy atom. The largest absolute Gasteiger partial charge is 0.293 e. The molecule has 0 bridgehead atoms. The summed E-state index contributed by atoms with van der Waals surface area (Å²) in [4.78, 5) is 10.5. The Morgan fingerprint density at radius 2 is 1.39 bits per heavy atom. The van der Waals surface area contributed by atoms with Crippen LogP contribution in [0.2, 0.25) is 0 Å². The van der Waals surface area contributed by atoms with Crippen LogP contribution in [0, 0.1) is 5.82 Å². The molecule has 1 aromatic carbocycles. The highest BCUT2D eigenvalue weighted by molar-refractivity contribution is 5.40. The van der Waals surface area contributed by atoms with Gasteiger partial charge in [0.15, 0.2) is 5.67 Å². The van der Waals surface area contributed by atoms with Gasteiger partial charge >= 0.3 is 0 Å². The molecule has 1 fully saturated rings. The highest BCUT2D eigenvalue weighted by Gasteiger charge is 2.47. The Morgan fingerprint density at radius 3 is 1.89 bits per heavy atom. The highest BCUT2D eigenvalue weighted by atomic mass is 19.1. The number of benzene rings is 1. The predicted molar refractivity (Wildman–Crippen MR) is 105 cm³/mol. The summed E-state index contributed by atoms with van der Waals surface area (Å²) in [6, 6.07) is 12.6. The number of pyridine rings is 2. The Labute approximate surface area is 164 Å². The third-order valence-electron chi connectivity index (χ3n) is 5.48. The molecule has 4 rings (SSSR count). The van der Waals surface area contributed by atoms with Crippen LogP contribution in [0.1, 0.15) is 42.0 Å². The van der Waals surface area contributed by atoms with Crippen LogP contribution < -0.4 is 0 Å². The molecule has 0 radical (unpaired) electrons. The standard InChI is InChI=1S/C23H23F2N3/c24-21-10-8-18(9-11-21)22(28-14-2-1-3-15-28)23(25,19-6-4-12-26-16-19)20-7-5-13-27-17-20/h4-13,16-17,22H,1-3,14-15H2. The lowest BCUT2D eigenvalue weighted by Gasteiger charge is -2.43. The topological polar surface area (TPSA) is 29.0 Å². The van der Waals surface area contributed by atoms with E-state index >= 15 is 4.39 Å². The fraction of sp³-hybridized carbons (Fsp3) is 0.304. The average molecular weight is 379 g/mol. The van der Waals surface area contributed by atoms with Crippen molar-refractivity contribution in [2.75, 3.05) is 13.1 Å². The normalized spacial score (nSPS) is 16.6. The van der Waals surface area contributed by atoms with Crippen molar-refractivity contribution in [1.82, 2.24) is 14.9 Å². The van der Waals surface area contributed by atoms with Crippen LogP contribution in [-0.4, -0.2) is 28.0 Å². The van der Waals surface area contributed by atoms with Gasteiger partial charge in [0.1, 0.15) is 5.82 Å². The van der Waals surface area contributed by atoms with Crippen molar-refractivity contribution in [2.45, 2.75) is 31.0 Å². The average Bonchev–Trinajstić information content (AvgIpc) is 2.77. The molecule has 3 aromatic rings. The summed E-state index contributed by atoms with van der Waals surface area (Å²) in [6.07, 6.45) is 9.62. The van der Waals surface area contributed by atoms with Crippen molar-refractivity contribution in [3.05, 3.63) is 95.8 Å². The van der Waals surface area contributed by atoms with Crippen LogP contribution in [-0.2, 0) is 5.67 Å². The fourth-order valence-electron chi connectivity index (χ4n) is 4.15. The summed E-state index contributed by atoms with van der Waals surface area (Å²) in [5, 5.41) is 0. The van der Waals surface area contributed by atoms with Crippen molar-refractivity contribution in [1.29, 1.82) is 0 Å². The van der Waals surface area contributed by atoms with Gasteiger partial charge < -0.3 is 0 Å². The van der Waals surface area contributed by atoms with Gasteiger partial charge in [-0.25, -0.2) is 8.78 Å². The van der Waals surface area contributed by atoms with E-state index in [0.717, 1.165) is 37.9 Å². The van der Waals surface area contributed by atoms with Crippen LogP contribution in [0.5, 0.6) is 0 Å². The summed E-state index contributed by atoms with van der Waals surface area (Å²) in [6.45, 7) is 1.60. The molecule has 3 heterocycles. The van der Waals surface area contributed by atoms with Crippen molar-refractivity contribution >= 4 is 0 Å². The first-order chi connectivity index (χ1) is 13.7. The molecule has 3 nitrogen and oxygen atoms in total. The molecule has 1 atom stereocenters. The van der Waals surface area contributed by atoms with E-state index in [1.54, 1.807) is 61.2 Å². The third kappa shape index (κ3) is 3.54. The summed E-state index contributed by atoms with van der Waals surface area (Å²) < 4.78 is 30.9. The first-order valence-corrected chi connectivity index (χ1v) is 9.69. The minimum atomic E-state index is -1.86. The highest BCUT2D eigenvalue weighted by Crippen LogP contribution is 2.48. The van der Waals surface area contributed by atoms with Gasteiger partial charge in [0.05, 0.1) is 6.04 Å². The van der Waals surface area contributed by atoms with E-state index in [-0.39, 0.29) is 5.82 Å². The second kappa shape index (κ2) is 8.15. The van der Waals surface area contributed by atoms with Gasteiger partial charge in [0.25, 0.3) is 0 Å². The molecular weight excluding hydrogens is 356 g/mol. The number of halogens is 2. The van der Waals surface area contributed by atoms with Crippen molar-refractivity contribution in [3.8, 4) is 0 Å². The van der Waals surface area contributed by atoms with Crippen LogP contribution in [0.3, 0.4) is 0 Å². The number of piperidine rings is 1. The summed E-state index contributed by atoms with van der Waals surface area (Å²) in [7, 11) is 0. The maximum absolute atomic E-state index is 17.3. The molecule has 5 heteroatoms. The molecule has 1 aliphatic rings. The Bertz CT molecular complexity index is 839. The number of rotatable bonds is 5. The van der Waals surface area contributed by atoms with E-state index in [1.165, 1.54) is 12.1 Å². The maximum atomic E-state index is 17.3. The van der Waals surface area contributed by atoms with Gasteiger partial charge in [-0.05, 0) is 55.8 Å². The molecule has 1 saturated heterocycles. The van der Waals surface area contributed by atoms with E-state index in [9.17, 15) is 4.39 Å². The Kier molecular flexibility index (Phi) is 5.44. The molecule has 1 unspecified atom stereocenters. The zero-order valence-electron chi connectivity index (χ0n) is 15.6. The summed E-state index contributed by atoms with van der Waals surface area (Å²) in [5.41, 5.74) is -0.165. The Hall–Kier alpha value is -2.66. The first-order valence-electron chi connectivity index (χ1n) is 9.69. The predicted octanol–water partition coefficient (Wildman–Crippen LogP) is 5.06. The Balaban J connectivity index is 1.91. The molecule has 2 aromatic heterocycles. The number of nitrogens with zero attached hydrogens (tertiary/aromatic N) is 3. The molecule has 1 aliphatic heterocycles. The van der Waals surface area contributed by atoms with Crippen LogP contribution in [0.4, 0.5) is 8.78 Å². The minimum absolute atomic E-state index is 0.326. The number of alkyl halides is 1. The number of hydrogen-bond donors (Lipinski definition) is 0. The second-order valence-electron chi connectivity index (χ2n) is 7.25. The van der Waals surface area contributed by atoms with Gasteiger partial charge in [-0.3, -0.25) is 14.9 Å². The summed E-state index contributed by atoms with van der Waals surface area (Å²) >= 11 is 0. The lowest BCUT2D eigenvalue weighted by Crippen LogP contribution is -2.44. The fourth-order valence-corrected chi connectivity index (χ4v) is 4.15. The molecule has 0 N–H and O–H groups in total. The number of hydrogen-bond acceptors (Lipinski definition) is 3. The van der Waals surface area contributed by atoms with E-state index in [2.05, 4.69) is 14.9 Å². The smallest absolute Gasteiger partial charge is 0.183 e. The monoisotopic (exact) mass is 379 g/mol. The number of likely N-dealkylation sites (tertiary alicyclic amines) is 1. The number of aromatic nitrogens is 2. The molecule has 0 saturated carbocycles. The molecule has 0 amide bonds. The van der Waals surface area contributed by atoms with E-state index in [0.29, 0.717) is 11.1 Å². The molecule has 0 spiro atoms. The van der Waals surface area contributed by atoms with Crippen LogP contribution in [0.25, 0.3) is 0 Å². The SMILES string of the molecule is Fc1ccc(C(N2CCCCC2)C(F)(c2cccnc2)c2cccnc2)cc1. The van der Waals surface area contributed by atoms with Gasteiger partial charge in [0, 0.05) is 35.9 Å². The lowest BCUT2D eigenvalue weighted by molar-refractivity contribution is 0.0362. The van der Waals surface area contributed by atoms with Gasteiger partial charge in [-0.2, -0.15) is 0 Å². The van der Waals surface area contributed by atoms with Gasteiger partial charge in [-0.1, -0.05) is 30.7 Å². The van der Waals surface area contributed by atoms with Crippen LogP contribution in [0.15, 0.2) is 73.3 Å². The van der Waals surface area contributed by atoms with E-state index < -0.39 is 11.7 Å². The quantitative estimate of drug-likeness (QED) is 0.621. The minimum Gasteiger partial charge on any atom is -0.293 e. The first kappa shape index (κ1) is 18.7. The molecular formula is C23H23F2N3. The zero-order valence-corrected chi connectivity index (χ0v) is 15.6. The van der Waals surface area contributed by atoms with Crippen LogP contribution >= 0.6 is 0 Å². The summed E-state index contributed by atoms with van der Waals surface area (Å²) in [5.74, 6) is -0.326. The van der Waals surface area contributed by atoms with E-state index in [4.69, 9.17) is 0 Å². The lowest BCUT2D eigenvalue weighted by atomic mass is 9.78. The van der Waals surface area contributed by atoms with Gasteiger partial charge in [-0.15, -0.1) is 0 Å². The zero-order chi connectivity index (χ0) is 19.4. The maximum Gasteiger partial charge on any atom is 0.183 e. The van der Waals surface area contributed by atoms with Gasteiger partial charge in [0.2, 0.25) is 0 Å². The van der Waals surface area contributed by atoms with Crippen molar-refractivity contribution < 1.29 is 8.78 Å². The van der Waals surface area contributed by atoms with Crippen molar-refractivity contribution in [3.63, 3.8) is 0 Å². The molecule has 0 aliphatic carbocycles. The molecule has 28 heavy (non-hydrogen) atoms. The third-order valence-corrected chi connectivity index (χ3v) is 5.48.